The zero-order chi connectivity index (χ0) is 9.14. The van der Waals surface area contributed by atoms with Crippen LogP contribution in [-0.2, 0) is 0 Å². The van der Waals surface area contributed by atoms with Crippen LogP contribution >= 0.6 is 0 Å². The highest BCUT2D eigenvalue weighted by molar-refractivity contribution is 5.87. The predicted molar refractivity (Wildman–Crippen MR) is 38.0 cm³/mol. The lowest BCUT2D eigenvalue weighted by Gasteiger charge is -1.97. The van der Waals surface area contributed by atoms with Crippen LogP contribution in [0.2, 0.25) is 0 Å². The molecule has 0 aromatic heterocycles. The Balaban J connectivity index is 2.93. The highest BCUT2D eigenvalue weighted by Gasteiger charge is 2.09. The molecule has 1 N–H and O–H groups in total. The quantitative estimate of drug-likeness (QED) is 0.740. The summed E-state index contributed by atoms with van der Waals surface area (Å²) in [6.07, 6.45) is -1.81. The van der Waals surface area contributed by atoms with Crippen LogP contribution in [-0.4, -0.2) is 11.1 Å². The van der Waals surface area contributed by atoms with E-state index in [1.807, 2.05) is 0 Å². The van der Waals surface area contributed by atoms with E-state index in [9.17, 15) is 13.6 Å². The molecule has 0 fully saturated rings. The molecule has 0 unspecified atom stereocenters. The van der Waals surface area contributed by atoms with Crippen LogP contribution < -0.4 is 0 Å². The lowest BCUT2D eigenvalue weighted by atomic mass is 10.1. The van der Waals surface area contributed by atoms with Gasteiger partial charge in [0.1, 0.15) is 0 Å². The molecule has 4 heteroatoms. The minimum absolute atomic E-state index is 0.000000000000000222. The van der Waals surface area contributed by atoms with E-state index in [-0.39, 0.29) is 11.1 Å². The molecule has 0 aliphatic carbocycles. The van der Waals surface area contributed by atoms with Gasteiger partial charge in [-0.3, -0.25) is 0 Å². The number of hydrogen-bond acceptors (Lipinski definition) is 1. The van der Waals surface area contributed by atoms with E-state index in [0.717, 1.165) is 24.3 Å². The molecule has 0 spiro atoms. The Kier molecular flexibility index (Phi) is 2.38. The second-order valence-corrected chi connectivity index (χ2v) is 2.14. The summed E-state index contributed by atoms with van der Waals surface area (Å²) < 4.78 is 23.7. The Labute approximate surface area is 67.4 Å². The maximum atomic E-state index is 11.9. The number of carboxylic acids is 1. The Hall–Kier alpha value is -1.45. The summed E-state index contributed by atoms with van der Waals surface area (Å²) in [5, 5.41) is 8.42. The summed E-state index contributed by atoms with van der Waals surface area (Å²) in [7, 11) is 0. The number of carbonyl (C=O) groups is 1. The Morgan fingerprint density at radius 1 is 1.08 bits per heavy atom. The number of halogens is 2. The molecule has 0 saturated carbocycles. The van der Waals surface area contributed by atoms with Crippen LogP contribution in [0.3, 0.4) is 0 Å². The van der Waals surface area contributed by atoms with Crippen LogP contribution in [0.5, 0.6) is 0 Å². The van der Waals surface area contributed by atoms with E-state index in [0.29, 0.717) is 0 Å². The molecular weight excluding hydrogens is 166 g/mol. The lowest BCUT2D eigenvalue weighted by molar-refractivity contribution is 0.0697. The topological polar surface area (TPSA) is 37.3 Å². The zero-order valence-electron chi connectivity index (χ0n) is 5.92. The van der Waals surface area contributed by atoms with E-state index in [2.05, 4.69) is 0 Å². The molecular formula is C8H5F2O2. The van der Waals surface area contributed by atoms with Crippen LogP contribution in [0.4, 0.5) is 8.78 Å². The van der Waals surface area contributed by atoms with Gasteiger partial charge in [-0.05, 0) is 12.1 Å². The second kappa shape index (κ2) is 3.30. The van der Waals surface area contributed by atoms with E-state index in [1.165, 1.54) is 0 Å². The summed E-state index contributed by atoms with van der Waals surface area (Å²) in [6, 6.07) is 4.41. The van der Waals surface area contributed by atoms with Gasteiger partial charge in [0.2, 0.25) is 0 Å². The minimum Gasteiger partial charge on any atom is -0.478 e. The fourth-order valence-electron chi connectivity index (χ4n) is 0.739. The van der Waals surface area contributed by atoms with Crippen LogP contribution in [0.1, 0.15) is 15.9 Å². The smallest absolute Gasteiger partial charge is 0.339 e. The van der Waals surface area contributed by atoms with Gasteiger partial charge in [-0.15, -0.1) is 0 Å². The Bertz CT molecular complexity index is 280. The maximum absolute atomic E-state index is 11.9. The van der Waals surface area contributed by atoms with Crippen molar-refractivity contribution in [2.24, 2.45) is 0 Å². The van der Waals surface area contributed by atoms with Crippen molar-refractivity contribution in [2.75, 3.05) is 0 Å². The highest BCUT2D eigenvalue weighted by atomic mass is 19.3. The standard InChI is InChI=1S/C8H5F2O2/c9-7(10)5-1-3-6(4-2-5)8(11)12/h1-4H,(H,11,12). The van der Waals surface area contributed by atoms with Crippen molar-refractivity contribution in [2.45, 2.75) is 0 Å². The van der Waals surface area contributed by atoms with Gasteiger partial charge >= 0.3 is 12.4 Å². The zero-order valence-corrected chi connectivity index (χ0v) is 5.92. The Morgan fingerprint density at radius 3 is 1.83 bits per heavy atom. The number of carboxylic acid groups (broad SMARTS) is 1. The first-order valence-corrected chi connectivity index (χ1v) is 3.13. The molecule has 0 aliphatic heterocycles. The summed E-state index contributed by atoms with van der Waals surface area (Å²) in [5.74, 6) is -1.12. The largest absolute Gasteiger partial charge is 0.478 e. The van der Waals surface area contributed by atoms with Gasteiger partial charge in [0.25, 0.3) is 0 Å². The minimum atomic E-state index is -1.81. The van der Waals surface area contributed by atoms with E-state index >= 15 is 0 Å². The van der Waals surface area contributed by atoms with Crippen molar-refractivity contribution in [3.05, 3.63) is 41.8 Å². The second-order valence-electron chi connectivity index (χ2n) is 2.14. The molecule has 0 heterocycles. The average Bonchev–Trinajstić information content (AvgIpc) is 2.04. The SMILES string of the molecule is O=C(O)c1ccc([C](F)F)cc1. The van der Waals surface area contributed by atoms with E-state index in [4.69, 9.17) is 5.11 Å². The molecule has 1 rings (SSSR count). The molecule has 12 heavy (non-hydrogen) atoms. The van der Waals surface area contributed by atoms with E-state index in [1.54, 1.807) is 0 Å². The van der Waals surface area contributed by atoms with Gasteiger partial charge in [0.05, 0.1) is 5.56 Å². The monoisotopic (exact) mass is 171 g/mol. The molecule has 2 nitrogen and oxygen atoms in total. The van der Waals surface area contributed by atoms with Crippen molar-refractivity contribution in [3.8, 4) is 0 Å². The van der Waals surface area contributed by atoms with Crippen LogP contribution in [0.15, 0.2) is 24.3 Å². The third-order valence-corrected chi connectivity index (χ3v) is 1.35. The van der Waals surface area contributed by atoms with Crippen molar-refractivity contribution in [1.29, 1.82) is 0 Å². The molecule has 1 aromatic rings. The van der Waals surface area contributed by atoms with Gasteiger partial charge in [0, 0.05) is 5.56 Å². The summed E-state index contributed by atoms with van der Waals surface area (Å²) >= 11 is 0. The van der Waals surface area contributed by atoms with Gasteiger partial charge in [0.15, 0.2) is 0 Å². The molecule has 0 amide bonds. The maximum Gasteiger partial charge on any atom is 0.339 e. The van der Waals surface area contributed by atoms with Crippen molar-refractivity contribution in [1.82, 2.24) is 0 Å². The van der Waals surface area contributed by atoms with Crippen molar-refractivity contribution < 1.29 is 18.7 Å². The normalized spacial score (nSPS) is 10.2. The molecule has 0 saturated heterocycles. The summed E-state index contributed by atoms with van der Waals surface area (Å²) in [5.41, 5.74) is -0.250. The Morgan fingerprint density at radius 2 is 1.50 bits per heavy atom. The number of benzene rings is 1. The van der Waals surface area contributed by atoms with Gasteiger partial charge in [-0.1, -0.05) is 12.1 Å². The van der Waals surface area contributed by atoms with Crippen LogP contribution in [0.25, 0.3) is 0 Å². The van der Waals surface area contributed by atoms with Crippen LogP contribution in [0, 0.1) is 6.43 Å². The van der Waals surface area contributed by atoms with Crippen molar-refractivity contribution >= 4 is 5.97 Å². The first-order chi connectivity index (χ1) is 5.61. The average molecular weight is 171 g/mol. The summed E-state index contributed by atoms with van der Waals surface area (Å²) in [4.78, 5) is 10.3. The molecule has 0 aliphatic rings. The molecule has 0 atom stereocenters. The highest BCUT2D eigenvalue weighted by Crippen LogP contribution is 2.17. The third-order valence-electron chi connectivity index (χ3n) is 1.35. The first-order valence-electron chi connectivity index (χ1n) is 3.13. The summed E-state index contributed by atoms with van der Waals surface area (Å²) in [6.45, 7) is 0. The fraction of sp³-hybridized carbons (Fsp3) is 0. The lowest BCUT2D eigenvalue weighted by Crippen LogP contribution is -1.96. The fourth-order valence-corrected chi connectivity index (χ4v) is 0.739. The van der Waals surface area contributed by atoms with Crippen molar-refractivity contribution in [3.63, 3.8) is 0 Å². The van der Waals surface area contributed by atoms with Gasteiger partial charge < -0.3 is 5.11 Å². The van der Waals surface area contributed by atoms with Gasteiger partial charge in [-0.25, -0.2) is 4.79 Å². The molecule has 0 bridgehead atoms. The molecule has 1 radical (unpaired) electrons. The number of rotatable bonds is 2. The number of aromatic carboxylic acids is 1. The molecule has 63 valence electrons. The first kappa shape index (κ1) is 8.64. The predicted octanol–water partition coefficient (Wildman–Crippen LogP) is 2.16. The third kappa shape index (κ3) is 1.78. The van der Waals surface area contributed by atoms with Gasteiger partial charge in [-0.2, -0.15) is 8.78 Å². The molecule has 1 aromatic carbocycles. The van der Waals surface area contributed by atoms with E-state index < -0.39 is 12.4 Å². The number of hydrogen-bond donors (Lipinski definition) is 1.